The van der Waals surface area contributed by atoms with E-state index in [2.05, 4.69) is 47.3 Å². The van der Waals surface area contributed by atoms with E-state index in [4.69, 9.17) is 0 Å². The average molecular weight is 370 g/mol. The van der Waals surface area contributed by atoms with E-state index in [0.717, 1.165) is 40.7 Å². The van der Waals surface area contributed by atoms with Crippen LogP contribution in [-0.4, -0.2) is 23.4 Å². The predicted octanol–water partition coefficient (Wildman–Crippen LogP) is 5.17. The van der Waals surface area contributed by atoms with E-state index in [1.165, 1.54) is 12.8 Å². The van der Waals surface area contributed by atoms with E-state index in [1.807, 2.05) is 18.2 Å². The van der Waals surface area contributed by atoms with E-state index < -0.39 is 0 Å². The third kappa shape index (κ3) is 4.49. The average Bonchev–Trinajstić information content (AvgIpc) is 2.95. The minimum Gasteiger partial charge on any atom is -0.336 e. The van der Waals surface area contributed by atoms with Gasteiger partial charge in [0.25, 0.3) is 5.91 Å². The molecule has 0 unspecified atom stereocenters. The van der Waals surface area contributed by atoms with Crippen LogP contribution in [0.15, 0.2) is 27.6 Å². The molecular formula is C17H24BrNOS. The van der Waals surface area contributed by atoms with Crippen molar-refractivity contribution in [2.45, 2.75) is 56.9 Å². The topological polar surface area (TPSA) is 20.3 Å². The van der Waals surface area contributed by atoms with E-state index in [0.29, 0.717) is 12.0 Å². The van der Waals surface area contributed by atoms with Gasteiger partial charge in [-0.3, -0.25) is 4.79 Å². The third-order valence-corrected chi connectivity index (χ3v) is 5.12. The summed E-state index contributed by atoms with van der Waals surface area (Å²) in [5.41, 5.74) is 0.734. The Labute approximate surface area is 141 Å². The van der Waals surface area contributed by atoms with Gasteiger partial charge in [-0.1, -0.05) is 26.7 Å². The fourth-order valence-electron chi connectivity index (χ4n) is 2.90. The molecule has 1 saturated carbocycles. The Hall–Kier alpha value is -0.480. The predicted molar refractivity (Wildman–Crippen MR) is 94.1 cm³/mol. The van der Waals surface area contributed by atoms with Gasteiger partial charge in [-0.05, 0) is 59.3 Å². The van der Waals surface area contributed by atoms with Crippen molar-refractivity contribution in [3.8, 4) is 0 Å². The lowest BCUT2D eigenvalue weighted by molar-refractivity contribution is 0.0670. The van der Waals surface area contributed by atoms with Crippen LogP contribution in [0.5, 0.6) is 0 Å². The van der Waals surface area contributed by atoms with Crippen LogP contribution < -0.4 is 0 Å². The minimum absolute atomic E-state index is 0.144. The van der Waals surface area contributed by atoms with Crippen molar-refractivity contribution in [2.24, 2.45) is 5.92 Å². The minimum atomic E-state index is 0.144. The molecule has 0 bridgehead atoms. The summed E-state index contributed by atoms with van der Waals surface area (Å²) in [4.78, 5) is 15.9. The molecule has 2 rings (SSSR count). The number of amides is 1. The maximum Gasteiger partial charge on any atom is 0.255 e. The first-order valence-corrected chi connectivity index (χ1v) is 9.02. The van der Waals surface area contributed by atoms with Gasteiger partial charge in [0.2, 0.25) is 0 Å². The summed E-state index contributed by atoms with van der Waals surface area (Å²) in [5, 5.41) is 0. The highest BCUT2D eigenvalue weighted by Crippen LogP contribution is 2.28. The normalized spacial score (nSPS) is 15.7. The van der Waals surface area contributed by atoms with Crippen molar-refractivity contribution in [3.63, 3.8) is 0 Å². The molecule has 1 aromatic carbocycles. The molecule has 1 aliphatic carbocycles. The van der Waals surface area contributed by atoms with Gasteiger partial charge in [-0.25, -0.2) is 0 Å². The number of hydrogen-bond acceptors (Lipinski definition) is 2. The Balaban J connectivity index is 2.21. The largest absolute Gasteiger partial charge is 0.336 e. The smallest absolute Gasteiger partial charge is 0.255 e. The van der Waals surface area contributed by atoms with Crippen molar-refractivity contribution in [3.05, 3.63) is 28.2 Å². The quantitative estimate of drug-likeness (QED) is 0.709. The standard InChI is InChI=1S/C17H24BrNOS/c1-12(2)9-10-19(13-5-3-4-6-13)17(20)15-11-14(21)7-8-16(15)18/h7-8,11-13,21H,3-6,9-10H2,1-2H3. The highest BCUT2D eigenvalue weighted by Gasteiger charge is 2.28. The van der Waals surface area contributed by atoms with Crippen LogP contribution in [0.1, 0.15) is 56.3 Å². The molecule has 1 aromatic rings. The molecule has 0 spiro atoms. The van der Waals surface area contributed by atoms with Crippen LogP contribution in [0, 0.1) is 5.92 Å². The summed E-state index contributed by atoms with van der Waals surface area (Å²) in [5.74, 6) is 0.756. The lowest BCUT2D eigenvalue weighted by atomic mass is 10.1. The van der Waals surface area contributed by atoms with Gasteiger partial charge in [-0.15, -0.1) is 12.6 Å². The maximum atomic E-state index is 13.0. The number of hydrogen-bond donors (Lipinski definition) is 1. The molecule has 0 atom stereocenters. The maximum absolute atomic E-state index is 13.0. The van der Waals surface area contributed by atoms with Crippen LogP contribution in [0.3, 0.4) is 0 Å². The molecule has 0 radical (unpaired) electrons. The molecule has 2 nitrogen and oxygen atoms in total. The first kappa shape index (κ1) is 16.9. The molecule has 0 saturated heterocycles. The Kier molecular flexibility index (Phi) is 6.18. The second-order valence-corrected chi connectivity index (χ2v) is 7.65. The van der Waals surface area contributed by atoms with Crippen molar-refractivity contribution < 1.29 is 4.79 Å². The summed E-state index contributed by atoms with van der Waals surface area (Å²) < 4.78 is 0.859. The summed E-state index contributed by atoms with van der Waals surface area (Å²) in [6.45, 7) is 5.27. The molecule has 4 heteroatoms. The zero-order chi connectivity index (χ0) is 15.4. The van der Waals surface area contributed by atoms with Crippen molar-refractivity contribution in [2.75, 3.05) is 6.54 Å². The lowest BCUT2D eigenvalue weighted by Gasteiger charge is -2.30. The first-order valence-electron chi connectivity index (χ1n) is 7.78. The molecule has 1 amide bonds. The first-order chi connectivity index (χ1) is 9.99. The Bertz CT molecular complexity index is 498. The number of carbonyl (C=O) groups excluding carboxylic acids is 1. The number of carbonyl (C=O) groups is 1. The SMILES string of the molecule is CC(C)CCN(C(=O)c1cc(S)ccc1Br)C1CCCC1. The van der Waals surface area contributed by atoms with E-state index >= 15 is 0 Å². The molecule has 21 heavy (non-hydrogen) atoms. The van der Waals surface area contributed by atoms with Crippen LogP contribution in [0.2, 0.25) is 0 Å². The fraction of sp³-hybridized carbons (Fsp3) is 0.588. The van der Waals surface area contributed by atoms with Gasteiger partial charge in [-0.2, -0.15) is 0 Å². The van der Waals surface area contributed by atoms with Gasteiger partial charge in [0.15, 0.2) is 0 Å². The Morgan fingerprint density at radius 1 is 1.38 bits per heavy atom. The second kappa shape index (κ2) is 7.68. The zero-order valence-electron chi connectivity index (χ0n) is 12.8. The molecule has 1 fully saturated rings. The van der Waals surface area contributed by atoms with Gasteiger partial charge in [0, 0.05) is 22.0 Å². The number of nitrogens with zero attached hydrogens (tertiary/aromatic N) is 1. The van der Waals surface area contributed by atoms with E-state index in [-0.39, 0.29) is 5.91 Å². The van der Waals surface area contributed by atoms with Gasteiger partial charge < -0.3 is 4.90 Å². The van der Waals surface area contributed by atoms with Gasteiger partial charge >= 0.3 is 0 Å². The van der Waals surface area contributed by atoms with Crippen LogP contribution in [0.25, 0.3) is 0 Å². The fourth-order valence-corrected chi connectivity index (χ4v) is 3.51. The highest BCUT2D eigenvalue weighted by molar-refractivity contribution is 9.10. The third-order valence-electron chi connectivity index (χ3n) is 4.15. The van der Waals surface area contributed by atoms with Crippen molar-refractivity contribution in [1.82, 2.24) is 4.90 Å². The Morgan fingerprint density at radius 2 is 2.05 bits per heavy atom. The molecular weight excluding hydrogens is 346 g/mol. The lowest BCUT2D eigenvalue weighted by Crippen LogP contribution is -2.40. The summed E-state index contributed by atoms with van der Waals surface area (Å²) in [6, 6.07) is 6.09. The van der Waals surface area contributed by atoms with Crippen LogP contribution in [0.4, 0.5) is 0 Å². The Morgan fingerprint density at radius 3 is 2.67 bits per heavy atom. The van der Waals surface area contributed by atoms with Gasteiger partial charge in [0.05, 0.1) is 5.56 Å². The monoisotopic (exact) mass is 369 g/mol. The molecule has 0 aliphatic heterocycles. The number of halogens is 1. The zero-order valence-corrected chi connectivity index (χ0v) is 15.3. The number of thiol groups is 1. The van der Waals surface area contributed by atoms with Crippen LogP contribution >= 0.6 is 28.6 Å². The summed E-state index contributed by atoms with van der Waals surface area (Å²) in [6.07, 6.45) is 5.82. The molecule has 0 aromatic heterocycles. The summed E-state index contributed by atoms with van der Waals surface area (Å²) in [7, 11) is 0. The van der Waals surface area contributed by atoms with Crippen molar-refractivity contribution >= 4 is 34.5 Å². The summed E-state index contributed by atoms with van der Waals surface area (Å²) >= 11 is 7.87. The van der Waals surface area contributed by atoms with Crippen molar-refractivity contribution in [1.29, 1.82) is 0 Å². The van der Waals surface area contributed by atoms with E-state index in [9.17, 15) is 4.79 Å². The number of rotatable bonds is 5. The van der Waals surface area contributed by atoms with E-state index in [1.54, 1.807) is 0 Å². The molecule has 0 N–H and O–H groups in total. The highest BCUT2D eigenvalue weighted by atomic mass is 79.9. The van der Waals surface area contributed by atoms with Gasteiger partial charge in [0.1, 0.15) is 0 Å². The molecule has 1 aliphatic rings. The number of benzene rings is 1. The second-order valence-electron chi connectivity index (χ2n) is 6.28. The van der Waals surface area contributed by atoms with Crippen LogP contribution in [-0.2, 0) is 0 Å². The molecule has 116 valence electrons. The molecule has 0 heterocycles.